The highest BCUT2D eigenvalue weighted by molar-refractivity contribution is 7.94. The molecule has 0 aromatic heterocycles. The van der Waals surface area contributed by atoms with Crippen molar-refractivity contribution in [2.75, 3.05) is 15.4 Å². The van der Waals surface area contributed by atoms with Crippen LogP contribution in [0.3, 0.4) is 0 Å². The smallest absolute Gasteiger partial charge is 0.255 e. The van der Waals surface area contributed by atoms with Crippen molar-refractivity contribution in [1.29, 1.82) is 0 Å². The number of halogens is 1. The highest BCUT2D eigenvalue weighted by Crippen LogP contribution is 2.28. The van der Waals surface area contributed by atoms with Crippen molar-refractivity contribution >= 4 is 33.2 Å². The van der Waals surface area contributed by atoms with Gasteiger partial charge in [-0.2, -0.15) is 0 Å². The van der Waals surface area contributed by atoms with Crippen LogP contribution < -0.4 is 9.62 Å². The summed E-state index contributed by atoms with van der Waals surface area (Å²) in [7, 11) is -3.68. The lowest BCUT2D eigenvalue weighted by Crippen LogP contribution is -2.30. The van der Waals surface area contributed by atoms with Gasteiger partial charge in [0.1, 0.15) is 5.82 Å². The molecule has 25 heavy (non-hydrogen) atoms. The zero-order valence-corrected chi connectivity index (χ0v) is 14.1. The number of carbonyl (C=O) groups excluding carboxylic acids is 2. The number of nitrogens with zero attached hydrogens (tertiary/aromatic N) is 1. The summed E-state index contributed by atoms with van der Waals surface area (Å²) in [5, 5.41) is 2.54. The molecular weight excluding hydrogens is 347 g/mol. The van der Waals surface area contributed by atoms with Gasteiger partial charge in [-0.25, -0.2) is 17.1 Å². The van der Waals surface area contributed by atoms with E-state index < -0.39 is 33.6 Å². The van der Waals surface area contributed by atoms with Crippen molar-refractivity contribution in [3.05, 3.63) is 59.9 Å². The van der Waals surface area contributed by atoms with E-state index in [1.807, 2.05) is 0 Å². The van der Waals surface area contributed by atoms with Gasteiger partial charge in [-0.05, 0) is 42.5 Å². The number of amides is 2. The van der Waals surface area contributed by atoms with Crippen molar-refractivity contribution in [1.82, 2.24) is 0 Å². The van der Waals surface area contributed by atoms with E-state index in [4.69, 9.17) is 0 Å². The maximum Gasteiger partial charge on any atom is 0.255 e. The molecular formula is C17H15FN2O4S. The van der Waals surface area contributed by atoms with Crippen LogP contribution in [-0.2, 0) is 14.8 Å². The second kappa shape index (κ2) is 6.29. The minimum absolute atomic E-state index is 0.191. The first kappa shape index (κ1) is 17.1. The van der Waals surface area contributed by atoms with Crippen LogP contribution in [0, 0.1) is 11.7 Å². The lowest BCUT2D eigenvalue weighted by molar-refractivity contribution is -0.119. The molecule has 6 nitrogen and oxygen atoms in total. The first-order valence-corrected chi connectivity index (χ1v) is 9.13. The Morgan fingerprint density at radius 2 is 1.88 bits per heavy atom. The van der Waals surface area contributed by atoms with Crippen LogP contribution in [0.2, 0.25) is 0 Å². The Balaban J connectivity index is 1.81. The molecule has 1 heterocycles. The molecule has 3 rings (SSSR count). The van der Waals surface area contributed by atoms with Gasteiger partial charge in [-0.15, -0.1) is 0 Å². The average molecular weight is 362 g/mol. The van der Waals surface area contributed by atoms with Crippen LogP contribution in [-0.4, -0.2) is 26.0 Å². The topological polar surface area (TPSA) is 83.6 Å². The third kappa shape index (κ3) is 3.39. The molecule has 0 radical (unpaired) electrons. The number of hydrogen-bond donors (Lipinski definition) is 1. The number of anilines is 2. The molecule has 2 amide bonds. The van der Waals surface area contributed by atoms with E-state index in [-0.39, 0.29) is 17.0 Å². The summed E-state index contributed by atoms with van der Waals surface area (Å²) in [5.74, 6) is -2.26. The van der Waals surface area contributed by atoms with Crippen LogP contribution in [0.25, 0.3) is 0 Å². The minimum Gasteiger partial charge on any atom is -0.322 e. The van der Waals surface area contributed by atoms with Crippen molar-refractivity contribution in [2.24, 2.45) is 5.92 Å². The summed E-state index contributed by atoms with van der Waals surface area (Å²) in [6.07, 6.45) is 0. The molecule has 0 bridgehead atoms. The lowest BCUT2D eigenvalue weighted by atomic mass is 10.1. The number of carbonyl (C=O) groups is 2. The SMILES string of the molecule is C[C@@H]1CS(=O)(=O)N(c2ccc(C(=O)Nc3cccc(F)c3)cc2)C1=O. The van der Waals surface area contributed by atoms with Crippen molar-refractivity contribution in [2.45, 2.75) is 6.92 Å². The molecule has 1 atom stereocenters. The summed E-state index contributed by atoms with van der Waals surface area (Å²) in [6.45, 7) is 1.56. The summed E-state index contributed by atoms with van der Waals surface area (Å²) in [5.41, 5.74) is 0.752. The van der Waals surface area contributed by atoms with Crippen LogP contribution in [0.15, 0.2) is 48.5 Å². The molecule has 1 fully saturated rings. The molecule has 2 aromatic carbocycles. The largest absolute Gasteiger partial charge is 0.322 e. The first-order valence-electron chi connectivity index (χ1n) is 7.52. The van der Waals surface area contributed by atoms with E-state index in [0.29, 0.717) is 5.69 Å². The molecule has 8 heteroatoms. The number of rotatable bonds is 3. The third-order valence-electron chi connectivity index (χ3n) is 3.81. The maximum atomic E-state index is 13.1. The summed E-state index contributed by atoms with van der Waals surface area (Å²) in [6, 6.07) is 11.1. The molecule has 0 aliphatic carbocycles. The Morgan fingerprint density at radius 1 is 1.20 bits per heavy atom. The fraction of sp³-hybridized carbons (Fsp3) is 0.176. The van der Waals surface area contributed by atoms with E-state index in [1.54, 1.807) is 13.0 Å². The molecule has 1 N–H and O–H groups in total. The maximum absolute atomic E-state index is 13.1. The molecule has 1 aliphatic heterocycles. The zero-order chi connectivity index (χ0) is 18.2. The van der Waals surface area contributed by atoms with Crippen LogP contribution in [0.5, 0.6) is 0 Å². The number of sulfonamides is 1. The predicted octanol–water partition coefficient (Wildman–Crippen LogP) is 2.39. The monoisotopic (exact) mass is 362 g/mol. The summed E-state index contributed by atoms with van der Waals surface area (Å²) in [4.78, 5) is 24.2. The normalized spacial score (nSPS) is 19.0. The van der Waals surface area contributed by atoms with E-state index >= 15 is 0 Å². The van der Waals surface area contributed by atoms with Gasteiger partial charge in [0, 0.05) is 11.3 Å². The molecule has 0 unspecified atom stereocenters. The van der Waals surface area contributed by atoms with Gasteiger partial charge in [-0.3, -0.25) is 9.59 Å². The zero-order valence-electron chi connectivity index (χ0n) is 13.3. The van der Waals surface area contributed by atoms with E-state index in [1.165, 1.54) is 42.5 Å². The number of nitrogens with one attached hydrogen (secondary N) is 1. The van der Waals surface area contributed by atoms with E-state index in [0.717, 1.165) is 4.31 Å². The molecule has 2 aromatic rings. The van der Waals surface area contributed by atoms with Gasteiger partial charge in [0.25, 0.3) is 5.91 Å². The quantitative estimate of drug-likeness (QED) is 0.909. The third-order valence-corrected chi connectivity index (χ3v) is 5.68. The predicted molar refractivity (Wildman–Crippen MR) is 91.2 cm³/mol. The second-order valence-corrected chi connectivity index (χ2v) is 7.66. The summed E-state index contributed by atoms with van der Waals surface area (Å²) >= 11 is 0. The lowest BCUT2D eigenvalue weighted by Gasteiger charge is -2.15. The second-order valence-electron chi connectivity index (χ2n) is 5.79. The van der Waals surface area contributed by atoms with Crippen molar-refractivity contribution < 1.29 is 22.4 Å². The highest BCUT2D eigenvalue weighted by Gasteiger charge is 2.41. The Morgan fingerprint density at radius 3 is 2.44 bits per heavy atom. The van der Waals surface area contributed by atoms with Crippen molar-refractivity contribution in [3.63, 3.8) is 0 Å². The first-order chi connectivity index (χ1) is 11.8. The van der Waals surface area contributed by atoms with Gasteiger partial charge >= 0.3 is 0 Å². The fourth-order valence-electron chi connectivity index (χ4n) is 2.60. The Labute approximate surface area is 144 Å². The molecule has 0 spiro atoms. The Bertz CT molecular complexity index is 941. The van der Waals surface area contributed by atoms with Gasteiger partial charge in [0.15, 0.2) is 0 Å². The minimum atomic E-state index is -3.68. The average Bonchev–Trinajstić information content (AvgIpc) is 2.75. The Hall–Kier alpha value is -2.74. The standard InChI is InChI=1S/C17H15FN2O4S/c1-11-10-25(23,24)20(17(11)22)15-7-5-12(6-8-15)16(21)19-14-4-2-3-13(18)9-14/h2-9,11H,10H2,1H3,(H,19,21)/t11-/m1/s1. The summed E-state index contributed by atoms with van der Waals surface area (Å²) < 4.78 is 38.0. The van der Waals surface area contributed by atoms with E-state index in [2.05, 4.69) is 5.32 Å². The van der Waals surface area contributed by atoms with Crippen LogP contribution in [0.4, 0.5) is 15.8 Å². The molecule has 1 saturated heterocycles. The fourth-order valence-corrected chi connectivity index (χ4v) is 4.43. The van der Waals surface area contributed by atoms with E-state index in [9.17, 15) is 22.4 Å². The van der Waals surface area contributed by atoms with Gasteiger partial charge in [0.2, 0.25) is 15.9 Å². The Kier molecular flexibility index (Phi) is 4.30. The van der Waals surface area contributed by atoms with Crippen LogP contribution in [0.1, 0.15) is 17.3 Å². The van der Waals surface area contributed by atoms with Crippen molar-refractivity contribution in [3.8, 4) is 0 Å². The molecule has 0 saturated carbocycles. The van der Waals surface area contributed by atoms with Gasteiger partial charge < -0.3 is 5.32 Å². The highest BCUT2D eigenvalue weighted by atomic mass is 32.2. The van der Waals surface area contributed by atoms with Gasteiger partial charge in [-0.1, -0.05) is 13.0 Å². The number of hydrogen-bond acceptors (Lipinski definition) is 4. The van der Waals surface area contributed by atoms with Gasteiger partial charge in [0.05, 0.1) is 17.4 Å². The molecule has 130 valence electrons. The number of benzene rings is 2. The molecule has 1 aliphatic rings. The van der Waals surface area contributed by atoms with Crippen LogP contribution >= 0.6 is 0 Å².